The maximum absolute atomic E-state index is 5.87. The second-order valence-corrected chi connectivity index (χ2v) is 7.70. The van der Waals surface area contributed by atoms with Crippen molar-refractivity contribution in [3.05, 3.63) is 88.7 Å². The molecular formula is C23H25N3S. The molecule has 1 atom stereocenters. The molecule has 2 aromatic carbocycles. The summed E-state index contributed by atoms with van der Waals surface area (Å²) < 4.78 is 2.33. The Morgan fingerprint density at radius 2 is 1.74 bits per heavy atom. The lowest BCUT2D eigenvalue weighted by atomic mass is 9.99. The van der Waals surface area contributed by atoms with Gasteiger partial charge in [0.25, 0.3) is 0 Å². The fraction of sp³-hybridized carbons (Fsp3) is 0.261. The smallest absolute Gasteiger partial charge is 0.174 e. The molecule has 1 aromatic heterocycles. The number of nitrogens with one attached hydrogen (secondary N) is 1. The highest BCUT2D eigenvalue weighted by Crippen LogP contribution is 2.33. The molecule has 27 heavy (non-hydrogen) atoms. The molecule has 0 spiro atoms. The van der Waals surface area contributed by atoms with E-state index in [1.54, 1.807) is 0 Å². The number of nitrogens with zero attached hydrogens (tertiary/aromatic N) is 2. The minimum atomic E-state index is 0.125. The zero-order valence-corrected chi connectivity index (χ0v) is 16.9. The van der Waals surface area contributed by atoms with Gasteiger partial charge in [-0.05, 0) is 67.9 Å². The highest BCUT2D eigenvalue weighted by atomic mass is 32.1. The highest BCUT2D eigenvalue weighted by Gasteiger charge is 2.30. The number of rotatable bonds is 2. The summed E-state index contributed by atoms with van der Waals surface area (Å²) in [6, 6.07) is 19.6. The summed E-state index contributed by atoms with van der Waals surface area (Å²) in [4.78, 5) is 2.32. The second-order valence-electron chi connectivity index (χ2n) is 7.31. The van der Waals surface area contributed by atoms with E-state index >= 15 is 0 Å². The number of aromatic nitrogens is 1. The van der Waals surface area contributed by atoms with Crippen LogP contribution >= 0.6 is 12.2 Å². The van der Waals surface area contributed by atoms with E-state index in [9.17, 15) is 0 Å². The third kappa shape index (κ3) is 3.37. The van der Waals surface area contributed by atoms with Crippen LogP contribution in [-0.4, -0.2) is 21.1 Å². The van der Waals surface area contributed by atoms with Crippen molar-refractivity contribution in [1.82, 2.24) is 9.47 Å². The standard InChI is InChI=1S/C23H25N3S/c1-16-9-11-19(12-10-16)22-21-8-5-13-25(21)14-15-26(22)23(27)24-20-7-4-6-17(2)18(20)3/h4-13,22H,14-15H2,1-3H3,(H,24,27)/t22-/m1/s1. The lowest BCUT2D eigenvalue weighted by molar-refractivity contribution is 0.293. The van der Waals surface area contributed by atoms with Gasteiger partial charge >= 0.3 is 0 Å². The Kier molecular flexibility index (Phi) is 4.75. The molecule has 0 saturated heterocycles. The maximum atomic E-state index is 5.87. The van der Waals surface area contributed by atoms with Crippen molar-refractivity contribution >= 4 is 23.0 Å². The first kappa shape index (κ1) is 17.8. The summed E-state index contributed by atoms with van der Waals surface area (Å²) in [5.41, 5.74) is 7.43. The Hall–Kier alpha value is -2.59. The summed E-state index contributed by atoms with van der Waals surface area (Å²) in [5.74, 6) is 0. The Morgan fingerprint density at radius 3 is 2.52 bits per heavy atom. The van der Waals surface area contributed by atoms with Crippen LogP contribution < -0.4 is 5.32 Å². The number of hydrogen-bond donors (Lipinski definition) is 1. The molecule has 0 unspecified atom stereocenters. The van der Waals surface area contributed by atoms with Crippen molar-refractivity contribution in [2.24, 2.45) is 0 Å². The normalized spacial score (nSPS) is 16.1. The molecule has 2 heterocycles. The minimum absolute atomic E-state index is 0.125. The third-order valence-electron chi connectivity index (χ3n) is 5.54. The van der Waals surface area contributed by atoms with Crippen molar-refractivity contribution in [3.63, 3.8) is 0 Å². The van der Waals surface area contributed by atoms with Gasteiger partial charge < -0.3 is 14.8 Å². The predicted octanol–water partition coefficient (Wildman–Crippen LogP) is 5.22. The molecule has 4 heteroatoms. The van der Waals surface area contributed by atoms with Crippen LogP contribution in [0.3, 0.4) is 0 Å². The van der Waals surface area contributed by atoms with Crippen molar-refractivity contribution in [2.75, 3.05) is 11.9 Å². The van der Waals surface area contributed by atoms with Gasteiger partial charge in [-0.3, -0.25) is 0 Å². The van der Waals surface area contributed by atoms with Crippen LogP contribution in [0.2, 0.25) is 0 Å². The summed E-state index contributed by atoms with van der Waals surface area (Å²) in [7, 11) is 0. The van der Waals surface area contributed by atoms with Crippen molar-refractivity contribution in [3.8, 4) is 0 Å². The Morgan fingerprint density at radius 1 is 0.963 bits per heavy atom. The summed E-state index contributed by atoms with van der Waals surface area (Å²) in [5, 5.41) is 4.28. The van der Waals surface area contributed by atoms with Crippen LogP contribution in [0.1, 0.15) is 34.0 Å². The van der Waals surface area contributed by atoms with Gasteiger partial charge in [0.05, 0.1) is 6.04 Å². The minimum Gasteiger partial charge on any atom is -0.348 e. The molecule has 3 nitrogen and oxygen atoms in total. The first-order valence-electron chi connectivity index (χ1n) is 9.40. The van der Waals surface area contributed by atoms with E-state index in [2.05, 4.69) is 96.3 Å². The van der Waals surface area contributed by atoms with Crippen molar-refractivity contribution in [2.45, 2.75) is 33.4 Å². The molecule has 0 radical (unpaired) electrons. The van der Waals surface area contributed by atoms with Gasteiger partial charge in [0.15, 0.2) is 5.11 Å². The largest absolute Gasteiger partial charge is 0.348 e. The lowest BCUT2D eigenvalue weighted by Gasteiger charge is -2.39. The van der Waals surface area contributed by atoms with Crippen LogP contribution in [-0.2, 0) is 6.54 Å². The molecule has 1 aliphatic heterocycles. The monoisotopic (exact) mass is 375 g/mol. The molecule has 1 aliphatic rings. The molecule has 4 rings (SSSR count). The molecule has 0 saturated carbocycles. The highest BCUT2D eigenvalue weighted by molar-refractivity contribution is 7.80. The Balaban J connectivity index is 1.68. The number of fused-ring (bicyclic) bond motifs is 1. The van der Waals surface area contributed by atoms with Crippen molar-refractivity contribution in [1.29, 1.82) is 0 Å². The van der Waals surface area contributed by atoms with Crippen LogP contribution in [0, 0.1) is 20.8 Å². The van der Waals surface area contributed by atoms with Crippen LogP contribution in [0.25, 0.3) is 0 Å². The summed E-state index contributed by atoms with van der Waals surface area (Å²) >= 11 is 5.87. The van der Waals surface area contributed by atoms with Gasteiger partial charge in [-0.1, -0.05) is 42.0 Å². The first-order valence-corrected chi connectivity index (χ1v) is 9.81. The van der Waals surface area contributed by atoms with Gasteiger partial charge in [-0.2, -0.15) is 0 Å². The van der Waals surface area contributed by atoms with Gasteiger partial charge in [0.1, 0.15) is 0 Å². The molecule has 3 aromatic rings. The number of benzene rings is 2. The SMILES string of the molecule is Cc1ccc([C@@H]2c3cccn3CCN2C(=S)Nc2cccc(C)c2C)cc1. The van der Waals surface area contributed by atoms with E-state index in [1.165, 1.54) is 27.9 Å². The van der Waals surface area contributed by atoms with Gasteiger partial charge in [-0.25, -0.2) is 0 Å². The fourth-order valence-corrected chi connectivity index (χ4v) is 4.08. The molecule has 138 valence electrons. The maximum Gasteiger partial charge on any atom is 0.174 e. The molecular weight excluding hydrogens is 350 g/mol. The average molecular weight is 376 g/mol. The Bertz CT molecular complexity index is 972. The third-order valence-corrected chi connectivity index (χ3v) is 5.88. The topological polar surface area (TPSA) is 20.2 Å². The fourth-order valence-electron chi connectivity index (χ4n) is 3.78. The van der Waals surface area contributed by atoms with E-state index in [-0.39, 0.29) is 6.04 Å². The molecule has 0 aliphatic carbocycles. The average Bonchev–Trinajstić information content (AvgIpc) is 3.14. The molecule has 0 amide bonds. The van der Waals surface area contributed by atoms with E-state index in [4.69, 9.17) is 12.2 Å². The molecule has 0 bridgehead atoms. The number of anilines is 1. The van der Waals surface area contributed by atoms with Gasteiger partial charge in [0, 0.05) is 30.7 Å². The quantitative estimate of drug-likeness (QED) is 0.621. The summed E-state index contributed by atoms with van der Waals surface area (Å²) in [6.07, 6.45) is 2.16. The van der Waals surface area contributed by atoms with Gasteiger partial charge in [0.2, 0.25) is 0 Å². The zero-order valence-electron chi connectivity index (χ0n) is 16.1. The molecule has 0 fully saturated rings. The zero-order chi connectivity index (χ0) is 19.0. The van der Waals surface area contributed by atoms with E-state index in [0.29, 0.717) is 0 Å². The number of hydrogen-bond acceptors (Lipinski definition) is 1. The number of aryl methyl sites for hydroxylation is 2. The lowest BCUT2D eigenvalue weighted by Crippen LogP contribution is -2.44. The van der Waals surface area contributed by atoms with E-state index in [1.807, 2.05) is 0 Å². The first-order chi connectivity index (χ1) is 13.0. The van der Waals surface area contributed by atoms with Crippen molar-refractivity contribution < 1.29 is 0 Å². The van der Waals surface area contributed by atoms with E-state index < -0.39 is 0 Å². The van der Waals surface area contributed by atoms with Crippen LogP contribution in [0.4, 0.5) is 5.69 Å². The van der Waals surface area contributed by atoms with E-state index in [0.717, 1.165) is 23.9 Å². The summed E-state index contributed by atoms with van der Waals surface area (Å²) in [6.45, 7) is 8.22. The molecule has 1 N–H and O–H groups in total. The van der Waals surface area contributed by atoms with Gasteiger partial charge in [-0.15, -0.1) is 0 Å². The van der Waals surface area contributed by atoms with Crippen LogP contribution in [0.5, 0.6) is 0 Å². The van der Waals surface area contributed by atoms with Crippen LogP contribution in [0.15, 0.2) is 60.8 Å². The predicted molar refractivity (Wildman–Crippen MR) is 116 cm³/mol. The second kappa shape index (κ2) is 7.20. The number of thiocarbonyl (C=S) groups is 1. The Labute approximate surface area is 166 Å².